The number of aliphatic carboxylic acids is 1. The predicted molar refractivity (Wildman–Crippen MR) is 39.0 cm³/mol. The van der Waals surface area contributed by atoms with E-state index in [4.69, 9.17) is 5.11 Å². The first-order valence-electron chi connectivity index (χ1n) is 2.72. The van der Waals surface area contributed by atoms with Gasteiger partial charge in [0.15, 0.2) is 0 Å². The second-order valence-corrected chi connectivity index (χ2v) is 1.88. The molecule has 0 unspecified atom stereocenters. The Balaban J connectivity index is 3.62. The van der Waals surface area contributed by atoms with Gasteiger partial charge in [-0.05, 0) is 0 Å². The van der Waals surface area contributed by atoms with Crippen LogP contribution in [0.2, 0.25) is 0 Å². The maximum atomic E-state index is 9.87. The van der Waals surface area contributed by atoms with E-state index in [1.54, 1.807) is 19.0 Å². The zero-order chi connectivity index (χ0) is 7.98. The van der Waals surface area contributed by atoms with Crippen molar-refractivity contribution in [2.75, 3.05) is 14.1 Å². The molecule has 56 valence electrons. The van der Waals surface area contributed by atoms with E-state index in [9.17, 15) is 4.79 Å². The Morgan fingerprint density at radius 2 is 2.20 bits per heavy atom. The van der Waals surface area contributed by atoms with Crippen LogP contribution in [0.4, 0.5) is 0 Å². The Bertz CT molecular complexity index is 161. The third-order valence-electron chi connectivity index (χ3n) is 0.601. The minimum atomic E-state index is -0.990. The normalized spacial score (nSPS) is 11.0. The van der Waals surface area contributed by atoms with Gasteiger partial charge in [0.25, 0.3) is 0 Å². The summed E-state index contributed by atoms with van der Waals surface area (Å²) in [6.07, 6.45) is 3.71. The van der Waals surface area contributed by atoms with E-state index in [-0.39, 0.29) is 0 Å². The summed E-state index contributed by atoms with van der Waals surface area (Å²) in [6.45, 7) is 0. The maximum Gasteiger partial charge on any atom is 0.329 e. The van der Waals surface area contributed by atoms with Crippen LogP contribution in [-0.4, -0.2) is 36.4 Å². The quantitative estimate of drug-likeness (QED) is 0.347. The fraction of sp³-hybridized carbons (Fsp3) is 0.333. The van der Waals surface area contributed by atoms with E-state index in [0.29, 0.717) is 0 Å². The Hall–Kier alpha value is -1.32. The minimum Gasteiger partial charge on any atom is -0.478 e. The van der Waals surface area contributed by atoms with Gasteiger partial charge in [-0.15, -0.1) is 0 Å². The lowest BCUT2D eigenvalue weighted by atomic mass is 10.6. The number of carboxylic acids is 1. The summed E-state index contributed by atoms with van der Waals surface area (Å²) in [5, 5.41) is 8.10. The molecule has 4 nitrogen and oxygen atoms in total. The molecule has 0 atom stereocenters. The average molecular weight is 142 g/mol. The topological polar surface area (TPSA) is 52.9 Å². The van der Waals surface area contributed by atoms with Crippen molar-refractivity contribution in [1.29, 1.82) is 0 Å². The van der Waals surface area contributed by atoms with Crippen LogP contribution in [0, 0.1) is 0 Å². The monoisotopic (exact) mass is 142 g/mol. The van der Waals surface area contributed by atoms with Crippen molar-refractivity contribution >= 4 is 12.3 Å². The van der Waals surface area contributed by atoms with Crippen LogP contribution in [-0.2, 0) is 4.79 Å². The van der Waals surface area contributed by atoms with Gasteiger partial charge >= 0.3 is 5.97 Å². The summed E-state index contributed by atoms with van der Waals surface area (Å²) < 4.78 is 0. The molecule has 0 saturated carbocycles. The summed E-state index contributed by atoms with van der Waals surface area (Å²) in [5.74, 6) is -0.990. The molecule has 4 heteroatoms. The van der Waals surface area contributed by atoms with Crippen molar-refractivity contribution in [3.63, 3.8) is 0 Å². The van der Waals surface area contributed by atoms with E-state index in [0.717, 1.165) is 6.08 Å². The van der Waals surface area contributed by atoms with Gasteiger partial charge in [-0.2, -0.15) is 0 Å². The fourth-order valence-electron chi connectivity index (χ4n) is 0.279. The third kappa shape index (κ3) is 6.68. The van der Waals surface area contributed by atoms with E-state index < -0.39 is 5.97 Å². The molecule has 0 rings (SSSR count). The molecule has 0 saturated heterocycles. The summed E-state index contributed by atoms with van der Waals surface area (Å²) in [6, 6.07) is 0. The van der Waals surface area contributed by atoms with Crippen LogP contribution < -0.4 is 0 Å². The van der Waals surface area contributed by atoms with Gasteiger partial charge in [0.1, 0.15) is 0 Å². The van der Waals surface area contributed by atoms with Gasteiger partial charge in [-0.25, -0.2) is 9.79 Å². The largest absolute Gasteiger partial charge is 0.478 e. The zero-order valence-corrected chi connectivity index (χ0v) is 5.98. The van der Waals surface area contributed by atoms with Crippen LogP contribution in [0.15, 0.2) is 17.3 Å². The molecular weight excluding hydrogens is 132 g/mol. The molecule has 0 aliphatic heterocycles. The van der Waals surface area contributed by atoms with Crippen molar-refractivity contribution in [3.8, 4) is 0 Å². The molecule has 0 bridgehead atoms. The van der Waals surface area contributed by atoms with Crippen LogP contribution in [0.5, 0.6) is 0 Å². The lowest BCUT2D eigenvalue weighted by molar-refractivity contribution is -0.131. The van der Waals surface area contributed by atoms with E-state index in [1.165, 1.54) is 12.5 Å². The predicted octanol–water partition coefficient (Wildman–Crippen LogP) is 0.175. The Kier molecular flexibility index (Phi) is 3.95. The highest BCUT2D eigenvalue weighted by atomic mass is 16.4. The first-order valence-corrected chi connectivity index (χ1v) is 2.72. The van der Waals surface area contributed by atoms with Gasteiger partial charge in [0, 0.05) is 26.4 Å². The van der Waals surface area contributed by atoms with Gasteiger partial charge in [0.05, 0.1) is 6.34 Å². The Morgan fingerprint density at radius 3 is 2.60 bits per heavy atom. The first kappa shape index (κ1) is 8.68. The van der Waals surface area contributed by atoms with Gasteiger partial charge in [-0.1, -0.05) is 0 Å². The smallest absolute Gasteiger partial charge is 0.329 e. The molecule has 0 heterocycles. The highest BCUT2D eigenvalue weighted by Gasteiger charge is 1.80. The number of carboxylic acid groups (broad SMARTS) is 1. The highest BCUT2D eigenvalue weighted by Crippen LogP contribution is 1.74. The van der Waals surface area contributed by atoms with Crippen molar-refractivity contribution in [3.05, 3.63) is 12.3 Å². The van der Waals surface area contributed by atoms with Crippen LogP contribution >= 0.6 is 0 Å². The summed E-state index contributed by atoms with van der Waals surface area (Å²) in [4.78, 5) is 15.2. The summed E-state index contributed by atoms with van der Waals surface area (Å²) >= 11 is 0. The van der Waals surface area contributed by atoms with Gasteiger partial charge < -0.3 is 10.0 Å². The number of hydrogen-bond donors (Lipinski definition) is 1. The molecule has 10 heavy (non-hydrogen) atoms. The molecule has 1 N–H and O–H groups in total. The minimum absolute atomic E-state index is 0.972. The average Bonchev–Trinajstić information content (AvgIpc) is 1.79. The molecule has 0 aromatic carbocycles. The molecule has 0 spiro atoms. The van der Waals surface area contributed by atoms with Crippen molar-refractivity contribution in [2.24, 2.45) is 4.99 Å². The second kappa shape index (κ2) is 4.55. The third-order valence-corrected chi connectivity index (χ3v) is 0.601. The van der Waals surface area contributed by atoms with Crippen LogP contribution in [0.1, 0.15) is 0 Å². The van der Waals surface area contributed by atoms with E-state index in [1.807, 2.05) is 0 Å². The van der Waals surface area contributed by atoms with E-state index in [2.05, 4.69) is 4.99 Å². The molecule has 0 aliphatic rings. The molecule has 0 radical (unpaired) electrons. The standard InChI is InChI=1S/C6H10N2O2/c1-8(2)5-7-4-3-6(9)10/h3-5H,1-2H3,(H,9,10). The van der Waals surface area contributed by atoms with Crippen molar-refractivity contribution < 1.29 is 9.90 Å². The van der Waals surface area contributed by atoms with Gasteiger partial charge in [0.2, 0.25) is 0 Å². The number of nitrogens with zero attached hydrogens (tertiary/aromatic N) is 2. The zero-order valence-electron chi connectivity index (χ0n) is 5.98. The Labute approximate surface area is 59.5 Å². The lowest BCUT2D eigenvalue weighted by Gasteiger charge is -1.98. The lowest BCUT2D eigenvalue weighted by Crippen LogP contribution is -2.06. The van der Waals surface area contributed by atoms with Crippen LogP contribution in [0.25, 0.3) is 0 Å². The molecule has 0 aromatic heterocycles. The molecule has 0 aromatic rings. The maximum absolute atomic E-state index is 9.87. The van der Waals surface area contributed by atoms with E-state index >= 15 is 0 Å². The van der Waals surface area contributed by atoms with Crippen molar-refractivity contribution in [1.82, 2.24) is 4.90 Å². The van der Waals surface area contributed by atoms with Crippen molar-refractivity contribution in [2.45, 2.75) is 0 Å². The number of hydrogen-bond acceptors (Lipinski definition) is 2. The van der Waals surface area contributed by atoms with Gasteiger partial charge in [-0.3, -0.25) is 0 Å². The van der Waals surface area contributed by atoms with Crippen LogP contribution in [0.3, 0.4) is 0 Å². The molecular formula is C6H10N2O2. The Morgan fingerprint density at radius 1 is 1.60 bits per heavy atom. The molecule has 0 fully saturated rings. The number of carbonyl (C=O) groups is 1. The molecule has 0 amide bonds. The first-order chi connectivity index (χ1) is 4.63. The number of aliphatic imine (C=N–C) groups is 1. The SMILES string of the molecule is CN(C)C=NC=CC(=O)O. The summed E-state index contributed by atoms with van der Waals surface area (Å²) in [7, 11) is 3.61. The summed E-state index contributed by atoms with van der Waals surface area (Å²) in [5.41, 5.74) is 0. The number of rotatable bonds is 3. The highest BCUT2D eigenvalue weighted by molar-refractivity contribution is 5.79. The molecule has 0 aliphatic carbocycles. The second-order valence-electron chi connectivity index (χ2n) is 1.88. The fourth-order valence-corrected chi connectivity index (χ4v) is 0.279.